The number of hydrogen-bond acceptors (Lipinski definition) is 5. The van der Waals surface area contributed by atoms with Crippen molar-refractivity contribution >= 4 is 17.7 Å². The Balaban J connectivity index is 1.54. The van der Waals surface area contributed by atoms with Crippen LogP contribution in [0.25, 0.3) is 11.4 Å². The van der Waals surface area contributed by atoms with Gasteiger partial charge in [-0.2, -0.15) is 0 Å². The number of carbonyl (C=O) groups is 1. The number of aromatic nitrogens is 3. The van der Waals surface area contributed by atoms with Gasteiger partial charge < -0.3 is 14.2 Å². The molecule has 2 aromatic carbocycles. The van der Waals surface area contributed by atoms with Crippen molar-refractivity contribution in [1.29, 1.82) is 0 Å². The summed E-state index contributed by atoms with van der Waals surface area (Å²) >= 11 is 1.48. The maximum Gasteiger partial charge on any atom is 0.233 e. The lowest BCUT2D eigenvalue weighted by molar-refractivity contribution is -0.134. The number of benzene rings is 2. The van der Waals surface area contributed by atoms with Crippen molar-refractivity contribution in [2.24, 2.45) is 0 Å². The highest BCUT2D eigenvalue weighted by Gasteiger charge is 2.29. The Morgan fingerprint density at radius 3 is 2.39 bits per heavy atom. The van der Waals surface area contributed by atoms with Gasteiger partial charge in [0.2, 0.25) is 5.91 Å². The van der Waals surface area contributed by atoms with Gasteiger partial charge in [-0.05, 0) is 69.4 Å². The molecule has 1 aliphatic rings. The van der Waals surface area contributed by atoms with Crippen LogP contribution in [0.1, 0.15) is 38.7 Å². The van der Waals surface area contributed by atoms with Gasteiger partial charge in [0.1, 0.15) is 5.75 Å². The molecule has 0 spiro atoms. The minimum atomic E-state index is 0.184. The van der Waals surface area contributed by atoms with E-state index in [2.05, 4.69) is 57.8 Å². The van der Waals surface area contributed by atoms with Crippen LogP contribution in [0.4, 0.5) is 0 Å². The number of rotatable bonds is 8. The molecule has 0 unspecified atom stereocenters. The number of amides is 1. The van der Waals surface area contributed by atoms with Crippen LogP contribution in [-0.4, -0.2) is 50.5 Å². The van der Waals surface area contributed by atoms with E-state index in [1.807, 2.05) is 30.3 Å². The molecule has 1 amide bonds. The van der Waals surface area contributed by atoms with Gasteiger partial charge >= 0.3 is 0 Å². The van der Waals surface area contributed by atoms with Crippen LogP contribution < -0.4 is 4.74 Å². The minimum Gasteiger partial charge on any atom is -0.497 e. The first-order chi connectivity index (χ1) is 16.1. The largest absolute Gasteiger partial charge is 0.497 e. The van der Waals surface area contributed by atoms with Crippen molar-refractivity contribution in [3.63, 3.8) is 0 Å². The lowest BCUT2D eigenvalue weighted by Crippen LogP contribution is -2.48. The molecule has 6 nitrogen and oxygen atoms in total. The van der Waals surface area contributed by atoms with Crippen molar-refractivity contribution in [3.8, 4) is 17.1 Å². The molecule has 1 aliphatic heterocycles. The highest BCUT2D eigenvalue weighted by atomic mass is 32.2. The van der Waals surface area contributed by atoms with E-state index < -0.39 is 0 Å². The molecule has 0 N–H and O–H groups in total. The molecule has 33 heavy (non-hydrogen) atoms. The van der Waals surface area contributed by atoms with E-state index in [0.29, 0.717) is 17.8 Å². The molecular weight excluding hydrogens is 432 g/mol. The molecule has 0 bridgehead atoms. The summed E-state index contributed by atoms with van der Waals surface area (Å²) < 4.78 is 7.43. The smallest absolute Gasteiger partial charge is 0.233 e. The zero-order valence-electron chi connectivity index (χ0n) is 19.6. The number of ether oxygens (including phenoxy) is 1. The zero-order valence-corrected chi connectivity index (χ0v) is 20.4. The van der Waals surface area contributed by atoms with E-state index in [1.165, 1.54) is 23.7 Å². The highest BCUT2D eigenvalue weighted by molar-refractivity contribution is 7.99. The number of carbonyl (C=O) groups excluding carboxylic acids is 1. The van der Waals surface area contributed by atoms with Crippen LogP contribution in [0, 0.1) is 0 Å². The summed E-state index contributed by atoms with van der Waals surface area (Å²) in [4.78, 5) is 15.1. The van der Waals surface area contributed by atoms with Crippen LogP contribution >= 0.6 is 11.8 Å². The summed E-state index contributed by atoms with van der Waals surface area (Å²) in [6.07, 6.45) is 4.22. The first-order valence-electron chi connectivity index (χ1n) is 11.6. The maximum absolute atomic E-state index is 13.1. The Kier molecular flexibility index (Phi) is 7.70. The van der Waals surface area contributed by atoms with Gasteiger partial charge in [-0.1, -0.05) is 42.1 Å². The fourth-order valence-corrected chi connectivity index (χ4v) is 5.38. The van der Waals surface area contributed by atoms with Gasteiger partial charge in [0.25, 0.3) is 0 Å². The predicted octanol–water partition coefficient (Wildman–Crippen LogP) is 5.08. The molecular formula is C26H32N4O2S. The lowest BCUT2D eigenvalue weighted by Gasteiger charge is -2.39. The van der Waals surface area contributed by atoms with E-state index in [-0.39, 0.29) is 5.91 Å². The van der Waals surface area contributed by atoms with Crippen LogP contribution in [0.15, 0.2) is 59.8 Å². The Labute approximate surface area is 200 Å². The quantitative estimate of drug-likeness (QED) is 0.435. The molecule has 0 aliphatic carbocycles. The van der Waals surface area contributed by atoms with Crippen LogP contribution in [0.2, 0.25) is 0 Å². The highest BCUT2D eigenvalue weighted by Crippen LogP contribution is 2.28. The summed E-state index contributed by atoms with van der Waals surface area (Å²) in [5.74, 6) is 2.17. The first-order valence-corrected chi connectivity index (χ1v) is 12.6. The zero-order chi connectivity index (χ0) is 23.2. The second-order valence-electron chi connectivity index (χ2n) is 8.64. The van der Waals surface area contributed by atoms with E-state index in [9.17, 15) is 4.79 Å². The molecule has 7 heteroatoms. The SMILES string of the molecule is COc1ccc(-c2nnc(SCC(=O)N3[C@@H](C)CCC[C@@H]3C)n2CCc2ccccc2)cc1. The van der Waals surface area contributed by atoms with Crippen molar-refractivity contribution < 1.29 is 9.53 Å². The summed E-state index contributed by atoms with van der Waals surface area (Å²) in [5.41, 5.74) is 2.24. The predicted molar refractivity (Wildman–Crippen MR) is 133 cm³/mol. The number of nitrogens with zero attached hydrogens (tertiary/aromatic N) is 4. The number of likely N-dealkylation sites (tertiary alicyclic amines) is 1. The van der Waals surface area contributed by atoms with Gasteiger partial charge in [0.05, 0.1) is 12.9 Å². The second kappa shape index (κ2) is 10.9. The number of thioether (sulfide) groups is 1. The Bertz CT molecular complexity index is 1040. The maximum atomic E-state index is 13.1. The number of methoxy groups -OCH3 is 1. The number of aryl methyl sites for hydroxylation is 1. The molecule has 2 atom stereocenters. The minimum absolute atomic E-state index is 0.184. The van der Waals surface area contributed by atoms with Crippen molar-refractivity contribution in [2.45, 2.75) is 63.3 Å². The van der Waals surface area contributed by atoms with Gasteiger partial charge in [-0.25, -0.2) is 0 Å². The molecule has 174 valence electrons. The summed E-state index contributed by atoms with van der Waals surface area (Å²) in [7, 11) is 1.66. The number of hydrogen-bond donors (Lipinski definition) is 0. The van der Waals surface area contributed by atoms with Gasteiger partial charge in [-0.3, -0.25) is 4.79 Å². The van der Waals surface area contributed by atoms with Gasteiger partial charge in [-0.15, -0.1) is 10.2 Å². The van der Waals surface area contributed by atoms with Crippen LogP contribution in [0.3, 0.4) is 0 Å². The summed E-state index contributed by atoms with van der Waals surface area (Å²) in [5, 5.41) is 9.76. The average molecular weight is 465 g/mol. The summed E-state index contributed by atoms with van der Waals surface area (Å²) in [6, 6.07) is 18.9. The molecule has 0 saturated carbocycles. The van der Waals surface area contributed by atoms with Crippen molar-refractivity contribution in [2.75, 3.05) is 12.9 Å². The molecule has 1 fully saturated rings. The van der Waals surface area contributed by atoms with E-state index in [1.54, 1.807) is 7.11 Å². The van der Waals surface area contributed by atoms with Crippen LogP contribution in [0.5, 0.6) is 5.75 Å². The first kappa shape index (κ1) is 23.4. The molecule has 2 heterocycles. The Morgan fingerprint density at radius 2 is 1.73 bits per heavy atom. The number of piperidine rings is 1. The fourth-order valence-electron chi connectivity index (χ4n) is 4.55. The standard InChI is InChI=1S/C26H32N4O2S/c1-19-8-7-9-20(2)30(19)24(31)18-33-26-28-27-25(22-12-14-23(32-3)15-13-22)29(26)17-16-21-10-5-4-6-11-21/h4-6,10-15,19-20H,7-9,16-18H2,1-3H3/t19-,20-/m0/s1. The van der Waals surface area contributed by atoms with Crippen molar-refractivity contribution in [1.82, 2.24) is 19.7 Å². The molecule has 3 aromatic rings. The third-order valence-corrected chi connectivity index (χ3v) is 7.29. The third kappa shape index (κ3) is 5.58. The van der Waals surface area contributed by atoms with E-state index in [0.717, 1.165) is 48.1 Å². The average Bonchev–Trinajstić information content (AvgIpc) is 3.24. The fraction of sp³-hybridized carbons (Fsp3) is 0.423. The van der Waals surface area contributed by atoms with E-state index >= 15 is 0 Å². The second-order valence-corrected chi connectivity index (χ2v) is 9.58. The molecule has 0 radical (unpaired) electrons. The van der Waals surface area contributed by atoms with E-state index in [4.69, 9.17) is 4.74 Å². The third-order valence-electron chi connectivity index (χ3n) is 6.34. The van der Waals surface area contributed by atoms with Gasteiger partial charge in [0.15, 0.2) is 11.0 Å². The Morgan fingerprint density at radius 1 is 1.03 bits per heavy atom. The topological polar surface area (TPSA) is 60.3 Å². The van der Waals surface area contributed by atoms with Gasteiger partial charge in [0, 0.05) is 24.2 Å². The van der Waals surface area contributed by atoms with Crippen LogP contribution in [-0.2, 0) is 17.8 Å². The molecule has 1 aromatic heterocycles. The van der Waals surface area contributed by atoms with Crippen molar-refractivity contribution in [3.05, 3.63) is 60.2 Å². The molecule has 4 rings (SSSR count). The molecule has 1 saturated heterocycles. The monoisotopic (exact) mass is 464 g/mol. The lowest BCUT2D eigenvalue weighted by atomic mass is 9.98. The Hall–Kier alpha value is -2.80. The summed E-state index contributed by atoms with van der Waals surface area (Å²) in [6.45, 7) is 5.05. The normalized spacial score (nSPS) is 18.3.